The summed E-state index contributed by atoms with van der Waals surface area (Å²) in [6, 6.07) is 4.98. The zero-order chi connectivity index (χ0) is 15.5. The monoisotopic (exact) mass is 313 g/mol. The maximum absolute atomic E-state index is 12.4. The Bertz CT molecular complexity index is 626. The molecule has 21 heavy (non-hydrogen) atoms. The van der Waals surface area contributed by atoms with Gasteiger partial charge in [-0.3, -0.25) is 9.10 Å². The maximum atomic E-state index is 12.4. The number of phenolic OH excluding ortho intramolecular Hbond substituents is 1. The van der Waals surface area contributed by atoms with Crippen LogP contribution in [-0.2, 0) is 26.0 Å². The number of ether oxygens (including phenoxy) is 1. The third-order valence-electron chi connectivity index (χ3n) is 3.36. The number of nitrogens with zero attached hydrogens (tertiary/aromatic N) is 1. The van der Waals surface area contributed by atoms with Gasteiger partial charge in [-0.1, -0.05) is 12.1 Å². The van der Waals surface area contributed by atoms with E-state index in [1.165, 1.54) is 10.4 Å². The van der Waals surface area contributed by atoms with Crippen molar-refractivity contribution in [2.24, 2.45) is 0 Å². The molecule has 0 bridgehead atoms. The third kappa shape index (κ3) is 3.47. The third-order valence-corrected chi connectivity index (χ3v) is 5.12. The maximum Gasteiger partial charge on any atom is 0.306 e. The molecule has 6 nitrogen and oxygen atoms in total. The highest BCUT2D eigenvalue weighted by Crippen LogP contribution is 2.37. The number of carbonyl (C=O) groups is 1. The number of para-hydroxylation sites is 1. The lowest BCUT2D eigenvalue weighted by molar-refractivity contribution is -0.142. The summed E-state index contributed by atoms with van der Waals surface area (Å²) in [6.07, 6.45) is 1.23. The van der Waals surface area contributed by atoms with Gasteiger partial charge in [-0.2, -0.15) is 0 Å². The Kier molecular flexibility index (Phi) is 4.72. The lowest BCUT2D eigenvalue weighted by Crippen LogP contribution is -2.37. The molecule has 2 rings (SSSR count). The van der Waals surface area contributed by atoms with Gasteiger partial charge in [0.25, 0.3) is 0 Å². The van der Waals surface area contributed by atoms with E-state index in [-0.39, 0.29) is 24.5 Å². The van der Waals surface area contributed by atoms with Crippen molar-refractivity contribution in [3.05, 3.63) is 23.8 Å². The van der Waals surface area contributed by atoms with Crippen LogP contribution < -0.4 is 4.31 Å². The summed E-state index contributed by atoms with van der Waals surface area (Å²) in [7, 11) is -3.66. The number of sulfonamides is 1. The topological polar surface area (TPSA) is 83.9 Å². The summed E-state index contributed by atoms with van der Waals surface area (Å²) in [5.41, 5.74) is 1.15. The predicted octanol–water partition coefficient (Wildman–Crippen LogP) is 1.43. The molecule has 0 radical (unpaired) electrons. The van der Waals surface area contributed by atoms with Crippen LogP contribution in [0.2, 0.25) is 0 Å². The van der Waals surface area contributed by atoms with Gasteiger partial charge in [0.15, 0.2) is 0 Å². The lowest BCUT2D eigenvalue weighted by atomic mass is 10.0. The SMILES string of the molecule is CCOC(=O)CCS(=O)(=O)N1CCCc2cccc(O)c21. The van der Waals surface area contributed by atoms with Crippen molar-refractivity contribution in [2.45, 2.75) is 26.2 Å². The van der Waals surface area contributed by atoms with Crippen LogP contribution in [0.1, 0.15) is 25.3 Å². The number of fused-ring (bicyclic) bond motifs is 1. The van der Waals surface area contributed by atoms with Gasteiger partial charge in [-0.25, -0.2) is 8.42 Å². The molecular formula is C14H19NO5S. The van der Waals surface area contributed by atoms with Crippen molar-refractivity contribution in [1.82, 2.24) is 0 Å². The van der Waals surface area contributed by atoms with Gasteiger partial charge in [-0.15, -0.1) is 0 Å². The highest BCUT2D eigenvalue weighted by Gasteiger charge is 2.30. The standard InChI is InChI=1S/C14H19NO5S/c1-2-20-13(17)8-10-21(18,19)15-9-4-6-11-5-3-7-12(16)14(11)15/h3,5,7,16H,2,4,6,8-10H2,1H3. The van der Waals surface area contributed by atoms with Crippen LogP contribution in [0.4, 0.5) is 5.69 Å². The molecule has 1 heterocycles. The normalized spacial score (nSPS) is 14.6. The van der Waals surface area contributed by atoms with Crippen molar-refractivity contribution < 1.29 is 23.1 Å². The zero-order valence-corrected chi connectivity index (χ0v) is 12.7. The van der Waals surface area contributed by atoms with Crippen LogP contribution in [0.3, 0.4) is 0 Å². The molecule has 0 saturated heterocycles. The first kappa shape index (κ1) is 15.6. The first-order valence-corrected chi connectivity index (χ1v) is 8.53. The molecule has 0 aliphatic carbocycles. The van der Waals surface area contributed by atoms with Crippen LogP contribution >= 0.6 is 0 Å². The van der Waals surface area contributed by atoms with Crippen LogP contribution in [-0.4, -0.2) is 38.4 Å². The number of carbonyl (C=O) groups excluding carboxylic acids is 1. The molecule has 7 heteroatoms. The van der Waals surface area contributed by atoms with Crippen molar-refractivity contribution >= 4 is 21.7 Å². The molecule has 1 aromatic carbocycles. The first-order chi connectivity index (χ1) is 9.95. The van der Waals surface area contributed by atoms with E-state index in [0.29, 0.717) is 18.7 Å². The summed E-state index contributed by atoms with van der Waals surface area (Å²) < 4.78 is 30.8. The Hall–Kier alpha value is -1.76. The van der Waals surface area contributed by atoms with E-state index in [4.69, 9.17) is 4.74 Å². The Morgan fingerprint density at radius 2 is 2.19 bits per heavy atom. The van der Waals surface area contributed by atoms with Gasteiger partial charge in [0.1, 0.15) is 5.75 Å². The van der Waals surface area contributed by atoms with Gasteiger partial charge in [-0.05, 0) is 31.4 Å². The molecule has 0 spiro atoms. The zero-order valence-electron chi connectivity index (χ0n) is 11.9. The highest BCUT2D eigenvalue weighted by molar-refractivity contribution is 7.92. The molecule has 116 valence electrons. The molecule has 1 aromatic rings. The van der Waals surface area contributed by atoms with E-state index < -0.39 is 16.0 Å². The van der Waals surface area contributed by atoms with E-state index in [0.717, 1.165) is 12.0 Å². The highest BCUT2D eigenvalue weighted by atomic mass is 32.2. The van der Waals surface area contributed by atoms with Crippen LogP contribution in [0.25, 0.3) is 0 Å². The number of hydrogen-bond donors (Lipinski definition) is 1. The molecule has 0 aromatic heterocycles. The number of anilines is 1. The summed E-state index contributed by atoms with van der Waals surface area (Å²) in [5, 5.41) is 9.95. The van der Waals surface area contributed by atoms with Gasteiger partial charge < -0.3 is 9.84 Å². The number of hydrogen-bond acceptors (Lipinski definition) is 5. The van der Waals surface area contributed by atoms with Gasteiger partial charge >= 0.3 is 5.97 Å². The molecule has 1 N–H and O–H groups in total. The summed E-state index contributed by atoms with van der Waals surface area (Å²) in [6.45, 7) is 2.22. The Morgan fingerprint density at radius 1 is 1.43 bits per heavy atom. The molecule has 0 atom stereocenters. The van der Waals surface area contributed by atoms with Crippen molar-refractivity contribution in [1.29, 1.82) is 0 Å². The van der Waals surface area contributed by atoms with E-state index in [9.17, 15) is 18.3 Å². The Labute approximate surface area is 124 Å². The van der Waals surface area contributed by atoms with E-state index in [2.05, 4.69) is 0 Å². The summed E-state index contributed by atoms with van der Waals surface area (Å²) in [5.74, 6) is -0.901. The molecule has 1 aliphatic rings. The van der Waals surface area contributed by atoms with Crippen molar-refractivity contribution in [2.75, 3.05) is 23.2 Å². The second kappa shape index (κ2) is 6.34. The van der Waals surface area contributed by atoms with E-state index >= 15 is 0 Å². The number of rotatable bonds is 5. The van der Waals surface area contributed by atoms with Gasteiger partial charge in [0, 0.05) is 6.54 Å². The molecular weight excluding hydrogens is 294 g/mol. The van der Waals surface area contributed by atoms with E-state index in [1.807, 2.05) is 6.07 Å². The van der Waals surface area contributed by atoms with Crippen LogP contribution in [0.5, 0.6) is 5.75 Å². The van der Waals surface area contributed by atoms with Crippen molar-refractivity contribution in [3.8, 4) is 5.75 Å². The largest absolute Gasteiger partial charge is 0.506 e. The quantitative estimate of drug-likeness (QED) is 0.831. The fourth-order valence-corrected chi connectivity index (χ4v) is 3.97. The van der Waals surface area contributed by atoms with Crippen LogP contribution in [0, 0.1) is 0 Å². The number of phenols is 1. The molecule has 1 aliphatic heterocycles. The summed E-state index contributed by atoms with van der Waals surface area (Å²) in [4.78, 5) is 11.3. The minimum Gasteiger partial charge on any atom is -0.506 e. The lowest BCUT2D eigenvalue weighted by Gasteiger charge is -2.30. The van der Waals surface area contributed by atoms with Crippen molar-refractivity contribution in [3.63, 3.8) is 0 Å². The molecule has 0 unspecified atom stereocenters. The predicted molar refractivity (Wildman–Crippen MR) is 78.8 cm³/mol. The minimum atomic E-state index is -3.66. The number of aromatic hydroxyl groups is 1. The molecule has 0 saturated carbocycles. The minimum absolute atomic E-state index is 0.0492. The number of benzene rings is 1. The van der Waals surface area contributed by atoms with E-state index in [1.54, 1.807) is 13.0 Å². The molecule has 0 amide bonds. The second-order valence-electron chi connectivity index (χ2n) is 4.83. The van der Waals surface area contributed by atoms with Gasteiger partial charge in [0.05, 0.1) is 24.5 Å². The molecule has 0 fully saturated rings. The number of aryl methyl sites for hydroxylation is 1. The smallest absolute Gasteiger partial charge is 0.306 e. The average molecular weight is 313 g/mol. The fraction of sp³-hybridized carbons (Fsp3) is 0.500. The average Bonchev–Trinajstić information content (AvgIpc) is 2.45. The van der Waals surface area contributed by atoms with Crippen LogP contribution in [0.15, 0.2) is 18.2 Å². The second-order valence-corrected chi connectivity index (χ2v) is 6.84. The fourth-order valence-electron chi connectivity index (χ4n) is 2.43. The van der Waals surface area contributed by atoms with Gasteiger partial charge in [0.2, 0.25) is 10.0 Å². The number of esters is 1. The Balaban J connectivity index is 2.21. The summed E-state index contributed by atoms with van der Waals surface area (Å²) >= 11 is 0. The first-order valence-electron chi connectivity index (χ1n) is 6.92. The Morgan fingerprint density at radius 3 is 2.90 bits per heavy atom.